The lowest BCUT2D eigenvalue weighted by molar-refractivity contribution is 0.0713. The van der Waals surface area contributed by atoms with Crippen molar-refractivity contribution in [2.75, 3.05) is 7.11 Å². The van der Waals surface area contributed by atoms with Gasteiger partial charge in [-0.25, -0.2) is 8.78 Å². The van der Waals surface area contributed by atoms with Crippen LogP contribution < -0.4 is 4.74 Å². The van der Waals surface area contributed by atoms with E-state index in [0.29, 0.717) is 5.56 Å². The van der Waals surface area contributed by atoms with Crippen LogP contribution in [0.25, 0.3) is 0 Å². The molecule has 1 aromatic heterocycles. The van der Waals surface area contributed by atoms with Gasteiger partial charge < -0.3 is 9.84 Å². The van der Waals surface area contributed by atoms with Gasteiger partial charge >= 0.3 is 0 Å². The molecule has 0 radical (unpaired) electrons. The van der Waals surface area contributed by atoms with Crippen LogP contribution in [0.5, 0.6) is 5.75 Å². The molecule has 1 unspecified atom stereocenters. The van der Waals surface area contributed by atoms with Crippen molar-refractivity contribution in [1.29, 1.82) is 0 Å². The van der Waals surface area contributed by atoms with Crippen LogP contribution in [-0.4, -0.2) is 17.2 Å². The third kappa shape index (κ3) is 2.49. The highest BCUT2D eigenvalue weighted by atomic mass is 19.1. The molecule has 1 N–H and O–H groups in total. The Balaban J connectivity index is 2.50. The Labute approximate surface area is 115 Å². The van der Waals surface area contributed by atoms with Gasteiger partial charge in [-0.1, -0.05) is 13.0 Å². The zero-order valence-electron chi connectivity index (χ0n) is 11.2. The molecule has 20 heavy (non-hydrogen) atoms. The van der Waals surface area contributed by atoms with Crippen molar-refractivity contribution in [2.24, 2.45) is 0 Å². The Bertz CT molecular complexity index is 601. The number of benzene rings is 1. The number of nitrogens with zero attached hydrogens (tertiary/aromatic N) is 1. The number of ether oxygens (including phenoxy) is 1. The summed E-state index contributed by atoms with van der Waals surface area (Å²) in [5.41, 5.74) is -0.857. The number of rotatable bonds is 4. The van der Waals surface area contributed by atoms with Crippen LogP contribution in [0.2, 0.25) is 0 Å². The molecule has 0 spiro atoms. The first-order valence-corrected chi connectivity index (χ1v) is 6.19. The molecule has 0 saturated carbocycles. The van der Waals surface area contributed by atoms with Crippen molar-refractivity contribution in [1.82, 2.24) is 4.98 Å². The van der Waals surface area contributed by atoms with Crippen LogP contribution in [0.4, 0.5) is 8.78 Å². The van der Waals surface area contributed by atoms with E-state index in [0.717, 1.165) is 6.20 Å². The zero-order chi connectivity index (χ0) is 14.8. The second-order valence-electron chi connectivity index (χ2n) is 4.42. The molecule has 0 saturated heterocycles. The monoisotopic (exact) mass is 279 g/mol. The van der Waals surface area contributed by atoms with Gasteiger partial charge in [-0.3, -0.25) is 4.98 Å². The van der Waals surface area contributed by atoms with Gasteiger partial charge in [-0.15, -0.1) is 0 Å². The van der Waals surface area contributed by atoms with Crippen molar-refractivity contribution < 1.29 is 18.6 Å². The van der Waals surface area contributed by atoms with Gasteiger partial charge in [-0.05, 0) is 36.2 Å². The predicted molar refractivity (Wildman–Crippen MR) is 70.4 cm³/mol. The van der Waals surface area contributed by atoms with E-state index in [1.165, 1.54) is 31.4 Å². The fraction of sp³-hybridized carbons (Fsp3) is 0.267. The lowest BCUT2D eigenvalue weighted by atomic mass is 9.87. The third-order valence-electron chi connectivity index (χ3n) is 3.29. The van der Waals surface area contributed by atoms with Crippen molar-refractivity contribution in [3.05, 3.63) is 59.4 Å². The summed E-state index contributed by atoms with van der Waals surface area (Å²) in [5.74, 6) is -0.966. The van der Waals surface area contributed by atoms with E-state index in [2.05, 4.69) is 4.98 Å². The number of pyridine rings is 1. The maximum absolute atomic E-state index is 13.8. The Morgan fingerprint density at radius 3 is 2.50 bits per heavy atom. The molecule has 106 valence electrons. The van der Waals surface area contributed by atoms with E-state index in [1.807, 2.05) is 0 Å². The molecule has 0 bridgehead atoms. The normalized spacial score (nSPS) is 13.8. The Hall–Kier alpha value is -2.01. The number of aromatic nitrogens is 1. The number of hydrogen-bond donors (Lipinski definition) is 1. The molecule has 5 heteroatoms. The Morgan fingerprint density at radius 2 is 2.00 bits per heavy atom. The van der Waals surface area contributed by atoms with Gasteiger partial charge in [0.15, 0.2) is 11.6 Å². The number of halogens is 2. The molecule has 1 atom stereocenters. The van der Waals surface area contributed by atoms with E-state index < -0.39 is 17.2 Å². The Kier molecular flexibility index (Phi) is 3.99. The summed E-state index contributed by atoms with van der Waals surface area (Å²) in [6.45, 7) is 1.74. The fourth-order valence-corrected chi connectivity index (χ4v) is 2.08. The van der Waals surface area contributed by atoms with E-state index in [9.17, 15) is 13.9 Å². The van der Waals surface area contributed by atoms with Crippen LogP contribution in [0.15, 0.2) is 36.5 Å². The molecule has 3 nitrogen and oxygen atoms in total. The highest BCUT2D eigenvalue weighted by Gasteiger charge is 2.31. The Morgan fingerprint density at radius 1 is 1.25 bits per heavy atom. The van der Waals surface area contributed by atoms with Gasteiger partial charge in [0, 0.05) is 0 Å². The van der Waals surface area contributed by atoms with Crippen LogP contribution in [0.3, 0.4) is 0 Å². The molecule has 0 aliphatic carbocycles. The highest BCUT2D eigenvalue weighted by Crippen LogP contribution is 2.33. The molecule has 1 aromatic carbocycles. The SMILES string of the molecule is CCC(O)(c1ccc(OC)c(F)c1)c1ccc(F)cn1. The van der Waals surface area contributed by atoms with Gasteiger partial charge in [0.25, 0.3) is 0 Å². The lowest BCUT2D eigenvalue weighted by Crippen LogP contribution is -2.27. The average molecular weight is 279 g/mol. The number of methoxy groups -OCH3 is 1. The molecule has 1 heterocycles. The largest absolute Gasteiger partial charge is 0.494 e. The smallest absolute Gasteiger partial charge is 0.165 e. The fourth-order valence-electron chi connectivity index (χ4n) is 2.08. The number of hydrogen-bond acceptors (Lipinski definition) is 3. The van der Waals surface area contributed by atoms with E-state index >= 15 is 0 Å². The quantitative estimate of drug-likeness (QED) is 0.935. The summed E-state index contributed by atoms with van der Waals surface area (Å²) in [6, 6.07) is 6.81. The molecular weight excluding hydrogens is 264 g/mol. The average Bonchev–Trinajstić information content (AvgIpc) is 2.47. The summed E-state index contributed by atoms with van der Waals surface area (Å²) < 4.78 is 31.5. The van der Waals surface area contributed by atoms with Crippen LogP contribution in [-0.2, 0) is 5.60 Å². The van der Waals surface area contributed by atoms with Gasteiger partial charge in [-0.2, -0.15) is 0 Å². The topological polar surface area (TPSA) is 42.4 Å². The van der Waals surface area contributed by atoms with Crippen molar-refractivity contribution in [3.63, 3.8) is 0 Å². The van der Waals surface area contributed by atoms with Crippen LogP contribution in [0.1, 0.15) is 24.6 Å². The van der Waals surface area contributed by atoms with E-state index in [-0.39, 0.29) is 17.9 Å². The predicted octanol–water partition coefficient (Wildman–Crippen LogP) is 3.01. The maximum atomic E-state index is 13.8. The minimum Gasteiger partial charge on any atom is -0.494 e. The number of aliphatic hydroxyl groups is 1. The van der Waals surface area contributed by atoms with Crippen molar-refractivity contribution in [2.45, 2.75) is 18.9 Å². The standard InChI is InChI=1S/C15H15F2NO2/c1-3-15(19,14-7-5-11(16)9-18-14)10-4-6-13(20-2)12(17)8-10/h4-9,19H,3H2,1-2H3. The lowest BCUT2D eigenvalue weighted by Gasteiger charge is -2.27. The summed E-state index contributed by atoms with van der Waals surface area (Å²) in [7, 11) is 1.37. The first kappa shape index (κ1) is 14.4. The minimum absolute atomic E-state index is 0.0965. The van der Waals surface area contributed by atoms with Gasteiger partial charge in [0.1, 0.15) is 11.4 Å². The van der Waals surface area contributed by atoms with Crippen LogP contribution in [0, 0.1) is 11.6 Å². The first-order chi connectivity index (χ1) is 9.51. The molecule has 0 aliphatic rings. The summed E-state index contributed by atoms with van der Waals surface area (Å²) in [5, 5.41) is 10.7. The molecule has 2 aromatic rings. The molecular formula is C15H15F2NO2. The molecule has 0 aliphatic heterocycles. The van der Waals surface area contributed by atoms with E-state index in [1.54, 1.807) is 13.0 Å². The molecule has 0 fully saturated rings. The van der Waals surface area contributed by atoms with Crippen LogP contribution >= 0.6 is 0 Å². The first-order valence-electron chi connectivity index (χ1n) is 6.19. The highest BCUT2D eigenvalue weighted by molar-refractivity contribution is 5.37. The summed E-state index contributed by atoms with van der Waals surface area (Å²) in [6.07, 6.45) is 1.30. The molecule has 0 amide bonds. The zero-order valence-corrected chi connectivity index (χ0v) is 11.2. The van der Waals surface area contributed by atoms with E-state index in [4.69, 9.17) is 4.74 Å². The second kappa shape index (κ2) is 5.54. The maximum Gasteiger partial charge on any atom is 0.165 e. The minimum atomic E-state index is -1.47. The second-order valence-corrected chi connectivity index (χ2v) is 4.42. The van der Waals surface area contributed by atoms with Gasteiger partial charge in [0.05, 0.1) is 19.0 Å². The van der Waals surface area contributed by atoms with Crippen molar-refractivity contribution >= 4 is 0 Å². The van der Waals surface area contributed by atoms with Crippen molar-refractivity contribution in [3.8, 4) is 5.75 Å². The molecule has 2 rings (SSSR count). The third-order valence-corrected chi connectivity index (χ3v) is 3.29. The summed E-state index contributed by atoms with van der Waals surface area (Å²) in [4.78, 5) is 3.89. The summed E-state index contributed by atoms with van der Waals surface area (Å²) >= 11 is 0. The van der Waals surface area contributed by atoms with Gasteiger partial charge in [0.2, 0.25) is 0 Å².